The summed E-state index contributed by atoms with van der Waals surface area (Å²) in [5.41, 5.74) is 5.72. The summed E-state index contributed by atoms with van der Waals surface area (Å²) in [6.07, 6.45) is 5.70. The number of rotatable bonds is 8. The number of amides is 1. The SMILES string of the molecule is O=C(c1ccc(Cc2ccccc2-c2ccc(OCCN3CCCC3)cc2)cc1)N1CCCC1. The Morgan fingerprint density at radius 1 is 0.765 bits per heavy atom. The van der Waals surface area contributed by atoms with Crippen molar-refractivity contribution < 1.29 is 9.53 Å². The zero-order valence-electron chi connectivity index (χ0n) is 19.9. The molecule has 2 saturated heterocycles. The van der Waals surface area contributed by atoms with Crippen molar-refractivity contribution in [3.05, 3.63) is 89.5 Å². The van der Waals surface area contributed by atoms with E-state index >= 15 is 0 Å². The van der Waals surface area contributed by atoms with Crippen LogP contribution in [0.1, 0.15) is 47.2 Å². The molecule has 3 aromatic carbocycles. The number of nitrogens with zero attached hydrogens (tertiary/aromatic N) is 2. The van der Waals surface area contributed by atoms with E-state index in [4.69, 9.17) is 4.74 Å². The highest BCUT2D eigenvalue weighted by Crippen LogP contribution is 2.28. The van der Waals surface area contributed by atoms with Crippen LogP contribution in [0.4, 0.5) is 0 Å². The monoisotopic (exact) mass is 454 g/mol. The topological polar surface area (TPSA) is 32.8 Å². The first-order chi connectivity index (χ1) is 16.8. The van der Waals surface area contributed by atoms with Gasteiger partial charge in [-0.3, -0.25) is 9.69 Å². The second kappa shape index (κ2) is 10.9. The fraction of sp³-hybridized carbons (Fsp3) is 0.367. The van der Waals surface area contributed by atoms with Gasteiger partial charge in [0.15, 0.2) is 0 Å². The maximum Gasteiger partial charge on any atom is 0.253 e. The van der Waals surface area contributed by atoms with Gasteiger partial charge >= 0.3 is 0 Å². The number of ether oxygens (including phenoxy) is 1. The second-order valence-corrected chi connectivity index (χ2v) is 9.45. The molecule has 0 aromatic heterocycles. The van der Waals surface area contributed by atoms with Gasteiger partial charge in [0.2, 0.25) is 0 Å². The van der Waals surface area contributed by atoms with Crippen LogP contribution in [-0.4, -0.2) is 55.0 Å². The minimum absolute atomic E-state index is 0.159. The highest BCUT2D eigenvalue weighted by molar-refractivity contribution is 5.94. The standard InChI is InChI=1S/C30H34N2O2/c33-30(32-19-5-6-20-32)26-11-9-24(10-12-26)23-27-7-1-2-8-29(27)25-13-15-28(16-14-25)34-22-21-31-17-3-4-18-31/h1-2,7-16H,3-6,17-23H2. The van der Waals surface area contributed by atoms with E-state index in [9.17, 15) is 4.79 Å². The molecule has 176 valence electrons. The summed E-state index contributed by atoms with van der Waals surface area (Å²) in [5.74, 6) is 1.09. The fourth-order valence-electron chi connectivity index (χ4n) is 5.07. The molecule has 0 spiro atoms. The van der Waals surface area contributed by atoms with Gasteiger partial charge in [-0.2, -0.15) is 0 Å². The van der Waals surface area contributed by atoms with E-state index in [1.807, 2.05) is 17.0 Å². The Kier molecular flexibility index (Phi) is 7.25. The molecule has 1 amide bonds. The van der Waals surface area contributed by atoms with Crippen LogP contribution in [0.25, 0.3) is 11.1 Å². The third-order valence-electron chi connectivity index (χ3n) is 7.05. The fourth-order valence-corrected chi connectivity index (χ4v) is 5.07. The Labute approximate surface area is 203 Å². The van der Waals surface area contributed by atoms with Crippen molar-refractivity contribution in [2.45, 2.75) is 32.1 Å². The smallest absolute Gasteiger partial charge is 0.253 e. The van der Waals surface area contributed by atoms with Crippen molar-refractivity contribution in [1.82, 2.24) is 9.80 Å². The number of carbonyl (C=O) groups is 1. The highest BCUT2D eigenvalue weighted by atomic mass is 16.5. The van der Waals surface area contributed by atoms with Crippen LogP contribution < -0.4 is 4.74 Å². The van der Waals surface area contributed by atoms with Crippen LogP contribution in [0.3, 0.4) is 0 Å². The van der Waals surface area contributed by atoms with Crippen molar-refractivity contribution in [3.63, 3.8) is 0 Å². The van der Waals surface area contributed by atoms with Gasteiger partial charge in [0.05, 0.1) is 0 Å². The lowest BCUT2D eigenvalue weighted by atomic mass is 9.94. The van der Waals surface area contributed by atoms with E-state index in [2.05, 4.69) is 65.6 Å². The van der Waals surface area contributed by atoms with Crippen molar-refractivity contribution in [3.8, 4) is 16.9 Å². The highest BCUT2D eigenvalue weighted by Gasteiger charge is 2.19. The summed E-state index contributed by atoms with van der Waals surface area (Å²) in [4.78, 5) is 17.1. The molecule has 34 heavy (non-hydrogen) atoms. The van der Waals surface area contributed by atoms with Crippen LogP contribution in [0.2, 0.25) is 0 Å². The predicted molar refractivity (Wildman–Crippen MR) is 137 cm³/mol. The minimum Gasteiger partial charge on any atom is -0.492 e. The summed E-state index contributed by atoms with van der Waals surface area (Å²) < 4.78 is 5.98. The molecule has 4 nitrogen and oxygen atoms in total. The van der Waals surface area contributed by atoms with Crippen molar-refractivity contribution in [2.75, 3.05) is 39.3 Å². The molecule has 2 aliphatic rings. The summed E-state index contributed by atoms with van der Waals surface area (Å²) in [7, 11) is 0. The van der Waals surface area contributed by atoms with Gasteiger partial charge in [0.1, 0.15) is 12.4 Å². The Morgan fingerprint density at radius 3 is 2.18 bits per heavy atom. The molecule has 0 bridgehead atoms. The Balaban J connectivity index is 1.23. The molecule has 0 atom stereocenters. The van der Waals surface area contributed by atoms with Crippen LogP contribution >= 0.6 is 0 Å². The largest absolute Gasteiger partial charge is 0.492 e. The molecule has 0 N–H and O–H groups in total. The molecule has 2 heterocycles. The molecular formula is C30H34N2O2. The average Bonchev–Trinajstić information content (AvgIpc) is 3.60. The number of benzene rings is 3. The Bertz CT molecular complexity index is 1080. The number of hydrogen-bond donors (Lipinski definition) is 0. The van der Waals surface area contributed by atoms with Crippen molar-refractivity contribution >= 4 is 5.91 Å². The number of likely N-dealkylation sites (tertiary alicyclic amines) is 2. The molecule has 0 radical (unpaired) electrons. The van der Waals surface area contributed by atoms with Gasteiger partial charge in [0, 0.05) is 25.2 Å². The lowest BCUT2D eigenvalue weighted by Crippen LogP contribution is -2.27. The molecule has 5 rings (SSSR count). The molecule has 4 heteroatoms. The van der Waals surface area contributed by atoms with E-state index in [1.54, 1.807) is 0 Å². The van der Waals surface area contributed by atoms with Gasteiger partial charge in [-0.15, -0.1) is 0 Å². The first-order valence-electron chi connectivity index (χ1n) is 12.7. The van der Waals surface area contributed by atoms with E-state index in [0.717, 1.165) is 56.8 Å². The van der Waals surface area contributed by atoms with Crippen molar-refractivity contribution in [1.29, 1.82) is 0 Å². The first-order valence-corrected chi connectivity index (χ1v) is 12.7. The van der Waals surface area contributed by atoms with E-state index < -0.39 is 0 Å². The van der Waals surface area contributed by atoms with Gasteiger partial charge < -0.3 is 9.64 Å². The van der Waals surface area contributed by atoms with E-state index in [1.165, 1.54) is 48.2 Å². The number of carbonyl (C=O) groups excluding carboxylic acids is 1. The van der Waals surface area contributed by atoms with Crippen LogP contribution in [0.5, 0.6) is 5.75 Å². The van der Waals surface area contributed by atoms with Gasteiger partial charge in [0.25, 0.3) is 5.91 Å². The Hall–Kier alpha value is -3.11. The summed E-state index contributed by atoms with van der Waals surface area (Å²) in [6, 6.07) is 25.2. The molecule has 3 aromatic rings. The predicted octanol–water partition coefficient (Wildman–Crippen LogP) is 5.66. The second-order valence-electron chi connectivity index (χ2n) is 9.45. The quantitative estimate of drug-likeness (QED) is 0.441. The Morgan fingerprint density at radius 2 is 1.44 bits per heavy atom. The average molecular weight is 455 g/mol. The molecule has 0 unspecified atom stereocenters. The minimum atomic E-state index is 0.159. The molecule has 2 fully saturated rings. The van der Waals surface area contributed by atoms with Crippen LogP contribution in [-0.2, 0) is 6.42 Å². The third kappa shape index (κ3) is 5.51. The van der Waals surface area contributed by atoms with Gasteiger partial charge in [-0.05, 0) is 91.7 Å². The lowest BCUT2D eigenvalue weighted by Gasteiger charge is -2.16. The van der Waals surface area contributed by atoms with Gasteiger partial charge in [-0.1, -0.05) is 48.5 Å². The normalized spacial score (nSPS) is 16.2. The summed E-state index contributed by atoms with van der Waals surface area (Å²) in [6.45, 7) is 5.93. The summed E-state index contributed by atoms with van der Waals surface area (Å²) >= 11 is 0. The summed E-state index contributed by atoms with van der Waals surface area (Å²) in [5, 5.41) is 0. The van der Waals surface area contributed by atoms with Crippen LogP contribution in [0.15, 0.2) is 72.8 Å². The van der Waals surface area contributed by atoms with Crippen LogP contribution in [0, 0.1) is 0 Å². The maximum atomic E-state index is 12.6. The van der Waals surface area contributed by atoms with E-state index in [-0.39, 0.29) is 5.91 Å². The molecule has 2 aliphatic heterocycles. The molecule has 0 saturated carbocycles. The third-order valence-corrected chi connectivity index (χ3v) is 7.05. The first kappa shape index (κ1) is 22.7. The lowest BCUT2D eigenvalue weighted by molar-refractivity contribution is 0.0793. The maximum absolute atomic E-state index is 12.6. The molecule has 0 aliphatic carbocycles. The van der Waals surface area contributed by atoms with Gasteiger partial charge in [-0.25, -0.2) is 0 Å². The zero-order valence-corrected chi connectivity index (χ0v) is 19.9. The van der Waals surface area contributed by atoms with Crippen molar-refractivity contribution in [2.24, 2.45) is 0 Å². The number of hydrogen-bond acceptors (Lipinski definition) is 3. The zero-order chi connectivity index (χ0) is 23.2. The van der Waals surface area contributed by atoms with E-state index in [0.29, 0.717) is 0 Å². The molecular weight excluding hydrogens is 420 g/mol.